The molecule has 4 heteroatoms. The molecule has 1 aromatic carbocycles. The second kappa shape index (κ2) is 5.33. The SMILES string of the molecule is Cc1ccc(N(C)C(=O)c2cc(N)cnc2C)c(C)c1. The van der Waals surface area contributed by atoms with Crippen molar-refractivity contribution < 1.29 is 4.79 Å². The van der Waals surface area contributed by atoms with Crippen LogP contribution in [-0.2, 0) is 0 Å². The number of anilines is 2. The number of hydrogen-bond acceptors (Lipinski definition) is 3. The van der Waals surface area contributed by atoms with Crippen LogP contribution in [0.3, 0.4) is 0 Å². The number of nitrogens with two attached hydrogens (primary N) is 1. The van der Waals surface area contributed by atoms with Gasteiger partial charge in [0.2, 0.25) is 0 Å². The zero-order valence-corrected chi connectivity index (χ0v) is 12.3. The van der Waals surface area contributed by atoms with E-state index in [0.717, 1.165) is 11.3 Å². The molecule has 0 spiro atoms. The molecule has 2 aromatic rings. The highest BCUT2D eigenvalue weighted by Crippen LogP contribution is 2.22. The Balaban J connectivity index is 2.40. The molecule has 2 N–H and O–H groups in total. The highest BCUT2D eigenvalue weighted by molar-refractivity contribution is 6.07. The van der Waals surface area contributed by atoms with Gasteiger partial charge in [0.1, 0.15) is 0 Å². The second-order valence-corrected chi connectivity index (χ2v) is 5.06. The smallest absolute Gasteiger partial charge is 0.259 e. The van der Waals surface area contributed by atoms with Crippen molar-refractivity contribution in [1.82, 2.24) is 4.98 Å². The predicted molar refractivity (Wildman–Crippen MR) is 82.0 cm³/mol. The third-order valence-electron chi connectivity index (χ3n) is 3.36. The Hall–Kier alpha value is -2.36. The van der Waals surface area contributed by atoms with E-state index in [4.69, 9.17) is 5.73 Å². The molecule has 0 aliphatic carbocycles. The average molecular weight is 269 g/mol. The van der Waals surface area contributed by atoms with Gasteiger partial charge in [-0.15, -0.1) is 0 Å². The van der Waals surface area contributed by atoms with E-state index in [9.17, 15) is 4.79 Å². The lowest BCUT2D eigenvalue weighted by Gasteiger charge is -2.20. The van der Waals surface area contributed by atoms with Gasteiger partial charge in [0.15, 0.2) is 0 Å². The Labute approximate surface area is 119 Å². The Morgan fingerprint density at radius 1 is 1.20 bits per heavy atom. The lowest BCUT2D eigenvalue weighted by atomic mass is 10.1. The molecular formula is C16H19N3O. The predicted octanol–water partition coefficient (Wildman–Crippen LogP) is 2.87. The van der Waals surface area contributed by atoms with E-state index < -0.39 is 0 Å². The fourth-order valence-corrected chi connectivity index (χ4v) is 2.24. The maximum atomic E-state index is 12.6. The summed E-state index contributed by atoms with van der Waals surface area (Å²) in [6.07, 6.45) is 1.56. The van der Waals surface area contributed by atoms with Crippen LogP contribution in [0.4, 0.5) is 11.4 Å². The number of carbonyl (C=O) groups excluding carboxylic acids is 1. The van der Waals surface area contributed by atoms with Crippen LogP contribution in [0.25, 0.3) is 0 Å². The van der Waals surface area contributed by atoms with Gasteiger partial charge < -0.3 is 10.6 Å². The fourth-order valence-electron chi connectivity index (χ4n) is 2.24. The zero-order chi connectivity index (χ0) is 14.9. The lowest BCUT2D eigenvalue weighted by molar-refractivity contribution is 0.0992. The molecule has 0 atom stereocenters. The van der Waals surface area contributed by atoms with E-state index in [1.807, 2.05) is 32.9 Å². The van der Waals surface area contributed by atoms with Crippen molar-refractivity contribution in [2.24, 2.45) is 0 Å². The minimum Gasteiger partial charge on any atom is -0.397 e. The van der Waals surface area contributed by atoms with Crippen molar-refractivity contribution >= 4 is 17.3 Å². The van der Waals surface area contributed by atoms with Crippen LogP contribution >= 0.6 is 0 Å². The third kappa shape index (κ3) is 2.64. The quantitative estimate of drug-likeness (QED) is 0.912. The molecule has 1 aromatic heterocycles. The number of nitrogens with zero attached hydrogens (tertiary/aromatic N) is 2. The van der Waals surface area contributed by atoms with Crippen molar-refractivity contribution in [3.05, 3.63) is 52.8 Å². The van der Waals surface area contributed by atoms with E-state index in [2.05, 4.69) is 11.1 Å². The van der Waals surface area contributed by atoms with E-state index in [0.29, 0.717) is 16.9 Å². The summed E-state index contributed by atoms with van der Waals surface area (Å²) < 4.78 is 0. The van der Waals surface area contributed by atoms with Crippen LogP contribution in [0.5, 0.6) is 0 Å². The number of aryl methyl sites for hydroxylation is 3. The Morgan fingerprint density at radius 3 is 2.55 bits per heavy atom. The molecule has 1 heterocycles. The number of hydrogen-bond donors (Lipinski definition) is 1. The maximum Gasteiger partial charge on any atom is 0.259 e. The van der Waals surface area contributed by atoms with Gasteiger partial charge in [0, 0.05) is 12.7 Å². The molecule has 0 aliphatic heterocycles. The molecule has 1 amide bonds. The summed E-state index contributed by atoms with van der Waals surface area (Å²) >= 11 is 0. The van der Waals surface area contributed by atoms with Crippen LogP contribution < -0.4 is 10.6 Å². The topological polar surface area (TPSA) is 59.2 Å². The number of rotatable bonds is 2. The first kappa shape index (κ1) is 14.1. The van der Waals surface area contributed by atoms with Gasteiger partial charge in [-0.25, -0.2) is 0 Å². The Kier molecular flexibility index (Phi) is 3.74. The van der Waals surface area contributed by atoms with Gasteiger partial charge in [-0.2, -0.15) is 0 Å². The minimum atomic E-state index is -0.103. The molecular weight excluding hydrogens is 250 g/mol. The third-order valence-corrected chi connectivity index (χ3v) is 3.36. The van der Waals surface area contributed by atoms with Gasteiger partial charge in [-0.3, -0.25) is 9.78 Å². The van der Waals surface area contributed by atoms with Crippen molar-refractivity contribution in [2.45, 2.75) is 20.8 Å². The maximum absolute atomic E-state index is 12.6. The molecule has 2 rings (SSSR count). The first-order valence-corrected chi connectivity index (χ1v) is 6.47. The average Bonchev–Trinajstić information content (AvgIpc) is 2.40. The van der Waals surface area contributed by atoms with Crippen LogP contribution in [0.15, 0.2) is 30.5 Å². The van der Waals surface area contributed by atoms with E-state index in [1.54, 1.807) is 24.2 Å². The van der Waals surface area contributed by atoms with Crippen molar-refractivity contribution in [3.8, 4) is 0 Å². The summed E-state index contributed by atoms with van der Waals surface area (Å²) in [5.74, 6) is -0.103. The molecule has 20 heavy (non-hydrogen) atoms. The second-order valence-electron chi connectivity index (χ2n) is 5.06. The van der Waals surface area contributed by atoms with Crippen molar-refractivity contribution in [2.75, 3.05) is 17.7 Å². The summed E-state index contributed by atoms with van der Waals surface area (Å²) in [7, 11) is 1.77. The minimum absolute atomic E-state index is 0.103. The zero-order valence-electron chi connectivity index (χ0n) is 12.3. The normalized spacial score (nSPS) is 10.4. The van der Waals surface area contributed by atoms with E-state index >= 15 is 0 Å². The molecule has 0 fully saturated rings. The Morgan fingerprint density at radius 2 is 1.90 bits per heavy atom. The summed E-state index contributed by atoms with van der Waals surface area (Å²) in [6, 6.07) is 7.68. The number of aromatic nitrogens is 1. The summed E-state index contributed by atoms with van der Waals surface area (Å²) in [6.45, 7) is 5.84. The van der Waals surface area contributed by atoms with Gasteiger partial charge in [0.25, 0.3) is 5.91 Å². The van der Waals surface area contributed by atoms with Gasteiger partial charge >= 0.3 is 0 Å². The van der Waals surface area contributed by atoms with Crippen molar-refractivity contribution in [1.29, 1.82) is 0 Å². The first-order chi connectivity index (χ1) is 9.40. The fraction of sp³-hybridized carbons (Fsp3) is 0.250. The number of amides is 1. The number of pyridine rings is 1. The van der Waals surface area contributed by atoms with E-state index in [1.165, 1.54) is 5.56 Å². The summed E-state index contributed by atoms with van der Waals surface area (Å²) in [5.41, 5.74) is 10.6. The largest absolute Gasteiger partial charge is 0.397 e. The highest BCUT2D eigenvalue weighted by atomic mass is 16.2. The number of benzene rings is 1. The van der Waals surface area contributed by atoms with Gasteiger partial charge in [-0.1, -0.05) is 17.7 Å². The van der Waals surface area contributed by atoms with Crippen LogP contribution in [-0.4, -0.2) is 17.9 Å². The molecule has 0 radical (unpaired) electrons. The summed E-state index contributed by atoms with van der Waals surface area (Å²) in [4.78, 5) is 18.4. The number of carbonyl (C=O) groups is 1. The highest BCUT2D eigenvalue weighted by Gasteiger charge is 2.18. The molecule has 4 nitrogen and oxygen atoms in total. The van der Waals surface area contributed by atoms with E-state index in [-0.39, 0.29) is 5.91 Å². The van der Waals surface area contributed by atoms with Crippen molar-refractivity contribution in [3.63, 3.8) is 0 Å². The molecule has 0 saturated heterocycles. The van der Waals surface area contributed by atoms with Crippen LogP contribution in [0.1, 0.15) is 27.2 Å². The first-order valence-electron chi connectivity index (χ1n) is 6.47. The monoisotopic (exact) mass is 269 g/mol. The molecule has 0 saturated carbocycles. The number of nitrogen functional groups attached to an aromatic ring is 1. The van der Waals surface area contributed by atoms with Crippen LogP contribution in [0.2, 0.25) is 0 Å². The van der Waals surface area contributed by atoms with Gasteiger partial charge in [0.05, 0.1) is 23.1 Å². The Bertz CT molecular complexity index is 665. The molecule has 0 unspecified atom stereocenters. The lowest BCUT2D eigenvalue weighted by Crippen LogP contribution is -2.28. The summed E-state index contributed by atoms with van der Waals surface area (Å²) in [5, 5.41) is 0. The standard InChI is InChI=1S/C16H19N3O/c1-10-5-6-15(11(2)7-10)19(4)16(20)14-8-13(17)9-18-12(14)3/h5-9H,17H2,1-4H3. The van der Waals surface area contributed by atoms with Gasteiger partial charge in [-0.05, 0) is 38.5 Å². The molecule has 0 bridgehead atoms. The molecule has 0 aliphatic rings. The van der Waals surface area contributed by atoms with Crippen LogP contribution in [0, 0.1) is 20.8 Å². The molecule has 104 valence electrons.